The van der Waals surface area contributed by atoms with Crippen molar-refractivity contribution < 1.29 is 23.7 Å². The molecule has 0 fully saturated rings. The van der Waals surface area contributed by atoms with Gasteiger partial charge in [-0.05, 0) is 60.0 Å². The molecule has 1 aliphatic heterocycles. The summed E-state index contributed by atoms with van der Waals surface area (Å²) in [5.74, 6) is 3.14. The molecule has 7 heteroatoms. The maximum absolute atomic E-state index is 12.8. The van der Waals surface area contributed by atoms with E-state index in [0.29, 0.717) is 30.4 Å². The molecule has 0 radical (unpaired) electrons. The first-order valence-corrected chi connectivity index (χ1v) is 11.7. The van der Waals surface area contributed by atoms with E-state index < -0.39 is 0 Å². The lowest BCUT2D eigenvalue weighted by Crippen LogP contribution is -2.27. The monoisotopic (exact) mass is 480 g/mol. The number of nitrogens with zero attached hydrogens (tertiary/aromatic N) is 2. The minimum Gasteiger partial charge on any atom is -0.493 e. The van der Waals surface area contributed by atoms with Crippen molar-refractivity contribution in [3.05, 3.63) is 65.4 Å². The summed E-state index contributed by atoms with van der Waals surface area (Å²) in [5, 5.41) is 0. The molecule has 0 bridgehead atoms. The van der Waals surface area contributed by atoms with Gasteiger partial charge in [-0.2, -0.15) is 0 Å². The molecule has 0 N–H and O–H groups in total. The van der Waals surface area contributed by atoms with Crippen molar-refractivity contribution in [2.24, 2.45) is 0 Å². The number of fused-ring (bicyclic) bond motifs is 1. The number of hydrogen-bond donors (Lipinski definition) is 0. The summed E-state index contributed by atoms with van der Waals surface area (Å²) in [6.07, 6.45) is 8.25. The Morgan fingerprint density at radius 2 is 1.60 bits per heavy atom. The van der Waals surface area contributed by atoms with Crippen molar-refractivity contribution in [3.63, 3.8) is 0 Å². The van der Waals surface area contributed by atoms with Gasteiger partial charge in [0.2, 0.25) is 5.91 Å². The molecule has 7 nitrogen and oxygen atoms in total. The van der Waals surface area contributed by atoms with Crippen LogP contribution in [0.2, 0.25) is 0 Å². The van der Waals surface area contributed by atoms with Gasteiger partial charge in [-0.3, -0.25) is 4.79 Å². The normalized spacial score (nSPS) is 14.1. The van der Waals surface area contributed by atoms with E-state index in [-0.39, 0.29) is 5.91 Å². The second kappa shape index (κ2) is 12.3. The highest BCUT2D eigenvalue weighted by Crippen LogP contribution is 2.33. The molecule has 0 unspecified atom stereocenters. The Morgan fingerprint density at radius 1 is 0.943 bits per heavy atom. The lowest BCUT2D eigenvalue weighted by atomic mass is 10.00. The smallest absolute Gasteiger partial charge is 0.231 e. The van der Waals surface area contributed by atoms with Crippen molar-refractivity contribution in [2.75, 3.05) is 55.1 Å². The van der Waals surface area contributed by atoms with Gasteiger partial charge in [-0.25, -0.2) is 0 Å². The van der Waals surface area contributed by atoms with Crippen LogP contribution in [-0.4, -0.2) is 70.8 Å². The Bertz CT molecular complexity index is 1080. The molecule has 1 atom stereocenters. The molecule has 0 spiro atoms. The third-order valence-corrected chi connectivity index (χ3v) is 6.19. The van der Waals surface area contributed by atoms with Crippen LogP contribution >= 0.6 is 0 Å². The molecular formula is C28H36N2O5. The molecule has 35 heavy (non-hydrogen) atoms. The van der Waals surface area contributed by atoms with Gasteiger partial charge in [0.25, 0.3) is 0 Å². The number of carbonyl (C=O) groups is 1. The van der Waals surface area contributed by atoms with Crippen LogP contribution in [0.4, 0.5) is 0 Å². The van der Waals surface area contributed by atoms with E-state index >= 15 is 0 Å². The van der Waals surface area contributed by atoms with Crippen LogP contribution in [0, 0.1) is 0 Å². The fourth-order valence-corrected chi connectivity index (χ4v) is 4.17. The van der Waals surface area contributed by atoms with E-state index in [2.05, 4.69) is 31.0 Å². The summed E-state index contributed by atoms with van der Waals surface area (Å²) < 4.78 is 21.5. The molecule has 3 rings (SSSR count). The zero-order chi connectivity index (χ0) is 25.4. The molecule has 1 aliphatic rings. The van der Waals surface area contributed by atoms with Crippen LogP contribution in [0.1, 0.15) is 29.5 Å². The van der Waals surface area contributed by atoms with Crippen molar-refractivity contribution in [1.29, 1.82) is 0 Å². The fourth-order valence-electron chi connectivity index (χ4n) is 4.17. The SMILES string of the molecule is COc1ccc([C@@H](C)CN(C)C/C=C/CN2C=Cc3cc(OC)c(OC)cc3CC2=O)cc1OC. The molecule has 0 aliphatic carbocycles. The number of hydrogen-bond acceptors (Lipinski definition) is 6. The van der Waals surface area contributed by atoms with Crippen LogP contribution in [0.15, 0.2) is 48.7 Å². The number of carbonyl (C=O) groups excluding carboxylic acids is 1. The average molecular weight is 481 g/mol. The van der Waals surface area contributed by atoms with Gasteiger partial charge in [0.05, 0.1) is 34.9 Å². The highest BCUT2D eigenvalue weighted by molar-refractivity contribution is 5.84. The predicted molar refractivity (Wildman–Crippen MR) is 139 cm³/mol. The van der Waals surface area contributed by atoms with Crippen LogP contribution < -0.4 is 18.9 Å². The molecule has 0 aromatic heterocycles. The lowest BCUT2D eigenvalue weighted by Gasteiger charge is -2.21. The topological polar surface area (TPSA) is 60.5 Å². The molecule has 0 saturated heterocycles. The molecule has 2 aromatic carbocycles. The summed E-state index contributed by atoms with van der Waals surface area (Å²) >= 11 is 0. The van der Waals surface area contributed by atoms with E-state index in [0.717, 1.165) is 35.7 Å². The van der Waals surface area contributed by atoms with E-state index in [1.807, 2.05) is 42.6 Å². The molecule has 1 amide bonds. The van der Waals surface area contributed by atoms with Gasteiger partial charge in [0.15, 0.2) is 23.0 Å². The minimum atomic E-state index is 0.0484. The maximum atomic E-state index is 12.8. The van der Waals surface area contributed by atoms with E-state index in [1.165, 1.54) is 5.56 Å². The number of benzene rings is 2. The van der Waals surface area contributed by atoms with Crippen molar-refractivity contribution >= 4 is 12.0 Å². The Morgan fingerprint density at radius 3 is 2.29 bits per heavy atom. The molecule has 1 heterocycles. The number of methoxy groups -OCH3 is 4. The summed E-state index contributed by atoms with van der Waals surface area (Å²) in [6.45, 7) is 4.40. The lowest BCUT2D eigenvalue weighted by molar-refractivity contribution is -0.127. The predicted octanol–water partition coefficient (Wildman–Crippen LogP) is 4.37. The number of rotatable bonds is 11. The largest absolute Gasteiger partial charge is 0.493 e. The van der Waals surface area contributed by atoms with Crippen molar-refractivity contribution in [3.8, 4) is 23.0 Å². The van der Waals surface area contributed by atoms with Crippen LogP contribution in [-0.2, 0) is 11.2 Å². The van der Waals surface area contributed by atoms with E-state index in [4.69, 9.17) is 18.9 Å². The first-order valence-electron chi connectivity index (χ1n) is 11.7. The molecular weight excluding hydrogens is 444 g/mol. The van der Waals surface area contributed by atoms with Gasteiger partial charge in [0.1, 0.15) is 0 Å². The van der Waals surface area contributed by atoms with Crippen LogP contribution in [0.3, 0.4) is 0 Å². The molecule has 188 valence electrons. The summed E-state index contributed by atoms with van der Waals surface area (Å²) in [4.78, 5) is 16.8. The van der Waals surface area contributed by atoms with E-state index in [1.54, 1.807) is 33.3 Å². The second-order valence-corrected chi connectivity index (χ2v) is 8.65. The fraction of sp³-hybridized carbons (Fsp3) is 0.393. The maximum Gasteiger partial charge on any atom is 0.231 e. The molecule has 0 saturated carbocycles. The standard InChI is InChI=1S/C28H36N2O5/c1-20(21-9-10-24(32-3)25(15-21)33-4)19-29(2)12-7-8-13-30-14-11-22-16-26(34-5)27(35-6)17-23(22)18-28(30)31/h7-11,14-17,20H,12-13,18-19H2,1-6H3/b8-7+/t20-/m0/s1. The highest BCUT2D eigenvalue weighted by atomic mass is 16.5. The van der Waals surface area contributed by atoms with Crippen molar-refractivity contribution in [2.45, 2.75) is 19.3 Å². The third kappa shape index (κ3) is 6.57. The quantitative estimate of drug-likeness (QED) is 0.445. The minimum absolute atomic E-state index is 0.0484. The highest BCUT2D eigenvalue weighted by Gasteiger charge is 2.19. The Balaban J connectivity index is 1.54. The summed E-state index contributed by atoms with van der Waals surface area (Å²) in [5.41, 5.74) is 3.09. The average Bonchev–Trinajstić information content (AvgIpc) is 3.02. The zero-order valence-corrected chi connectivity index (χ0v) is 21.5. The van der Waals surface area contributed by atoms with Gasteiger partial charge in [-0.1, -0.05) is 25.1 Å². The van der Waals surface area contributed by atoms with Gasteiger partial charge < -0.3 is 28.7 Å². The zero-order valence-electron chi connectivity index (χ0n) is 21.5. The van der Waals surface area contributed by atoms with Gasteiger partial charge in [-0.15, -0.1) is 0 Å². The van der Waals surface area contributed by atoms with Crippen LogP contribution in [0.25, 0.3) is 6.08 Å². The molecule has 2 aromatic rings. The summed E-state index contributed by atoms with van der Waals surface area (Å²) in [7, 11) is 8.60. The number of amides is 1. The Labute approximate surface area is 208 Å². The first kappa shape index (κ1) is 26.2. The number of likely N-dealkylation sites (N-methyl/N-ethyl adjacent to an activating group) is 1. The number of ether oxygens (including phenoxy) is 4. The first-order chi connectivity index (χ1) is 16.9. The Kier molecular flexibility index (Phi) is 9.20. The van der Waals surface area contributed by atoms with Crippen molar-refractivity contribution in [1.82, 2.24) is 9.80 Å². The van der Waals surface area contributed by atoms with E-state index in [9.17, 15) is 4.79 Å². The van der Waals surface area contributed by atoms with Gasteiger partial charge in [0, 0.05) is 25.8 Å². The third-order valence-electron chi connectivity index (χ3n) is 6.19. The van der Waals surface area contributed by atoms with Crippen LogP contribution in [0.5, 0.6) is 23.0 Å². The van der Waals surface area contributed by atoms with Gasteiger partial charge >= 0.3 is 0 Å². The second-order valence-electron chi connectivity index (χ2n) is 8.65. The summed E-state index contributed by atoms with van der Waals surface area (Å²) in [6, 6.07) is 9.85. The Hall–Kier alpha value is -3.45.